The summed E-state index contributed by atoms with van der Waals surface area (Å²) < 4.78 is 0. The molecular weight excluding hydrogens is 125 g/mol. The minimum absolute atomic E-state index is 0.542. The maximum atomic E-state index is 7.21. The van der Waals surface area contributed by atoms with E-state index in [0.29, 0.717) is 18.2 Å². The second kappa shape index (κ2) is 3.51. The summed E-state index contributed by atoms with van der Waals surface area (Å²) in [6, 6.07) is 0. The maximum absolute atomic E-state index is 7.21. The summed E-state index contributed by atoms with van der Waals surface area (Å²) in [5.74, 6) is 3.35. The van der Waals surface area contributed by atoms with Gasteiger partial charge in [0.1, 0.15) is 0 Å². The predicted octanol–water partition coefficient (Wildman–Crippen LogP) is -0.919. The van der Waals surface area contributed by atoms with Crippen LogP contribution in [0.4, 0.5) is 0 Å². The van der Waals surface area contributed by atoms with Gasteiger partial charge >= 0.3 is 60.7 Å². The molecule has 0 spiro atoms. The summed E-state index contributed by atoms with van der Waals surface area (Å²) in [5.41, 5.74) is 0. The quantitative estimate of drug-likeness (QED) is 0.266. The zero-order valence-electron chi connectivity index (χ0n) is 6.15. The zero-order chi connectivity index (χ0) is 7.40. The van der Waals surface area contributed by atoms with E-state index in [1.807, 2.05) is 0 Å². The molecule has 0 amide bonds. The third kappa shape index (κ3) is 2.78. The molecule has 1 atom stereocenters. The Kier molecular flexibility index (Phi) is 2.62. The van der Waals surface area contributed by atoms with E-state index in [1.54, 1.807) is 7.05 Å². The van der Waals surface area contributed by atoms with Crippen LogP contribution in [0.15, 0.2) is 0 Å². The Morgan fingerprint density at radius 3 is 3.00 bits per heavy atom. The molecule has 0 bridgehead atoms. The van der Waals surface area contributed by atoms with Crippen LogP contribution in [0.3, 0.4) is 0 Å². The molecule has 1 heterocycles. The molecule has 1 aliphatic heterocycles. The molecule has 3 nitrogen and oxygen atoms in total. The van der Waals surface area contributed by atoms with E-state index in [2.05, 4.69) is 23.5 Å². The molecule has 4 heteroatoms. The molecule has 0 fully saturated rings. The summed E-state index contributed by atoms with van der Waals surface area (Å²) >= 11 is 0. The number of likely N-dealkylation sites (N-methyl/N-ethyl adjacent to an activating group) is 1. The Morgan fingerprint density at radius 2 is 2.50 bits per heavy atom. The van der Waals surface area contributed by atoms with Crippen LogP contribution in [-0.2, 0) is 0 Å². The van der Waals surface area contributed by atoms with Gasteiger partial charge in [0, 0.05) is 0 Å². The summed E-state index contributed by atoms with van der Waals surface area (Å²) in [4.78, 5) is 0. The molecule has 10 heavy (non-hydrogen) atoms. The Bertz CT molecular complexity index is 149. The van der Waals surface area contributed by atoms with Crippen LogP contribution in [-0.4, -0.2) is 38.9 Å². The Balaban J connectivity index is 1.89. The fraction of sp³-hybridized carbons (Fsp3) is 0.667. The first kappa shape index (κ1) is 7.47. The van der Waals surface area contributed by atoms with E-state index in [-0.39, 0.29) is 0 Å². The molecule has 0 aromatic carbocycles. The van der Waals surface area contributed by atoms with E-state index in [9.17, 15) is 0 Å². The standard InChI is InChI=1S/C6H12BN3/c1-9-6(8)4-10-3-5-2-7-5/h2,5,10H,3-4H2,1H3,(H2,8,9). The van der Waals surface area contributed by atoms with Gasteiger partial charge in [-0.05, 0) is 0 Å². The van der Waals surface area contributed by atoms with Crippen molar-refractivity contribution in [3.05, 3.63) is 0 Å². The van der Waals surface area contributed by atoms with E-state index in [0.717, 1.165) is 6.54 Å². The first-order valence-corrected chi connectivity index (χ1v) is 3.47. The van der Waals surface area contributed by atoms with E-state index < -0.39 is 0 Å². The fourth-order valence-electron chi connectivity index (χ4n) is 0.667. The van der Waals surface area contributed by atoms with Gasteiger partial charge < -0.3 is 0 Å². The molecule has 0 aromatic rings. The Morgan fingerprint density at radius 1 is 1.80 bits per heavy atom. The molecule has 1 unspecified atom stereocenters. The summed E-state index contributed by atoms with van der Waals surface area (Å²) in [7, 11) is 1.76. The van der Waals surface area contributed by atoms with Gasteiger partial charge in [-0.1, -0.05) is 0 Å². The van der Waals surface area contributed by atoms with Crippen molar-refractivity contribution in [2.24, 2.45) is 0 Å². The van der Waals surface area contributed by atoms with Crippen molar-refractivity contribution in [2.45, 2.75) is 5.82 Å². The zero-order valence-corrected chi connectivity index (χ0v) is 6.15. The number of hydrogen-bond acceptors (Lipinski definition) is 2. The second-order valence-electron chi connectivity index (χ2n) is 2.41. The molecule has 3 N–H and O–H groups in total. The first-order valence-electron chi connectivity index (χ1n) is 3.47. The van der Waals surface area contributed by atoms with Crippen molar-refractivity contribution in [1.82, 2.24) is 10.6 Å². The molecular formula is C6H12BN3. The number of rotatable bonds is 4. The molecule has 0 aromatic heterocycles. The van der Waals surface area contributed by atoms with Gasteiger partial charge in [0.2, 0.25) is 0 Å². The molecule has 0 aliphatic carbocycles. The van der Waals surface area contributed by atoms with Gasteiger partial charge in [0.25, 0.3) is 0 Å². The third-order valence-corrected chi connectivity index (χ3v) is 1.45. The van der Waals surface area contributed by atoms with Crippen LogP contribution in [0.2, 0.25) is 5.82 Å². The van der Waals surface area contributed by atoms with Crippen molar-refractivity contribution in [3.8, 4) is 0 Å². The number of hydrogen-bond donors (Lipinski definition) is 3. The number of amidine groups is 1. The van der Waals surface area contributed by atoms with E-state index >= 15 is 0 Å². The molecule has 0 saturated carbocycles. The monoisotopic (exact) mass is 137 g/mol. The first-order chi connectivity index (χ1) is 4.83. The van der Waals surface area contributed by atoms with Crippen LogP contribution in [0.1, 0.15) is 0 Å². The van der Waals surface area contributed by atoms with Crippen LogP contribution in [0.5, 0.6) is 0 Å². The van der Waals surface area contributed by atoms with E-state index in [4.69, 9.17) is 5.41 Å². The van der Waals surface area contributed by atoms with Crippen molar-refractivity contribution in [3.63, 3.8) is 0 Å². The van der Waals surface area contributed by atoms with Crippen LogP contribution in [0.25, 0.3) is 0 Å². The SMILES string of the molecule is CNC(=N)CNCC1B=C1. The van der Waals surface area contributed by atoms with Gasteiger partial charge in [-0.3, -0.25) is 0 Å². The third-order valence-electron chi connectivity index (χ3n) is 1.45. The van der Waals surface area contributed by atoms with Crippen LogP contribution in [0, 0.1) is 5.41 Å². The Hall–Kier alpha value is -0.635. The van der Waals surface area contributed by atoms with Gasteiger partial charge in [0.05, 0.1) is 0 Å². The normalized spacial score (nSPS) is 19.9. The van der Waals surface area contributed by atoms with Gasteiger partial charge in [0.15, 0.2) is 0 Å². The number of nitrogens with one attached hydrogen (secondary N) is 3. The second-order valence-corrected chi connectivity index (χ2v) is 2.41. The topological polar surface area (TPSA) is 47.9 Å². The summed E-state index contributed by atoms with van der Waals surface area (Å²) in [5, 5.41) is 13.1. The van der Waals surface area contributed by atoms with Crippen molar-refractivity contribution >= 4 is 18.7 Å². The molecule has 0 saturated heterocycles. The van der Waals surface area contributed by atoms with E-state index in [1.165, 1.54) is 0 Å². The van der Waals surface area contributed by atoms with Crippen molar-refractivity contribution in [1.29, 1.82) is 5.41 Å². The average Bonchev–Trinajstić information content (AvgIpc) is 2.71. The van der Waals surface area contributed by atoms with Crippen molar-refractivity contribution < 1.29 is 0 Å². The summed E-state index contributed by atoms with van der Waals surface area (Å²) in [6.45, 7) is 3.77. The van der Waals surface area contributed by atoms with Gasteiger partial charge in [-0.2, -0.15) is 0 Å². The fourth-order valence-corrected chi connectivity index (χ4v) is 0.667. The molecule has 1 aliphatic rings. The Labute approximate surface area is 61.6 Å². The van der Waals surface area contributed by atoms with Gasteiger partial charge in [-0.25, -0.2) is 0 Å². The average molecular weight is 137 g/mol. The minimum atomic E-state index is 0.542. The molecule has 0 radical (unpaired) electrons. The predicted molar refractivity (Wildman–Crippen MR) is 45.2 cm³/mol. The van der Waals surface area contributed by atoms with Crippen molar-refractivity contribution in [2.75, 3.05) is 20.1 Å². The van der Waals surface area contributed by atoms with Gasteiger partial charge in [-0.15, -0.1) is 0 Å². The van der Waals surface area contributed by atoms with Crippen LogP contribution < -0.4 is 10.6 Å². The molecule has 1 rings (SSSR count). The molecule has 54 valence electrons. The summed E-state index contributed by atoms with van der Waals surface area (Å²) in [6.07, 6.45) is 0. The van der Waals surface area contributed by atoms with Crippen LogP contribution >= 0.6 is 0 Å².